The zero-order valence-electron chi connectivity index (χ0n) is 12.2. The van der Waals surface area contributed by atoms with Crippen molar-refractivity contribution >= 4 is 11.8 Å². The molecular formula is C14H20N4O3. The molecule has 114 valence electrons. The van der Waals surface area contributed by atoms with E-state index >= 15 is 0 Å². The van der Waals surface area contributed by atoms with Crippen molar-refractivity contribution in [1.29, 1.82) is 0 Å². The van der Waals surface area contributed by atoms with Gasteiger partial charge in [0, 0.05) is 44.9 Å². The van der Waals surface area contributed by atoms with Crippen LogP contribution >= 0.6 is 0 Å². The van der Waals surface area contributed by atoms with Crippen LogP contribution in [-0.2, 0) is 9.59 Å². The lowest BCUT2D eigenvalue weighted by atomic mass is 9.95. The maximum Gasteiger partial charge on any atom is 0.225 e. The Morgan fingerprint density at radius 2 is 1.90 bits per heavy atom. The van der Waals surface area contributed by atoms with E-state index in [0.717, 1.165) is 25.8 Å². The predicted molar refractivity (Wildman–Crippen MR) is 73.2 cm³/mol. The summed E-state index contributed by atoms with van der Waals surface area (Å²) in [6, 6.07) is 0. The first-order valence-electron chi connectivity index (χ1n) is 7.45. The highest BCUT2D eigenvalue weighted by molar-refractivity contribution is 5.80. The molecule has 2 aliphatic heterocycles. The number of piperidine rings is 1. The standard InChI is InChI=1S/C14H20N4O3/c1-10(19)17-5-2-11(3-6-17)14(20)18-7-4-12(8-18)13-15-9-21-16-13/h9,11-12H,2-8H2,1H3/t12-/m1/s1. The van der Waals surface area contributed by atoms with Gasteiger partial charge in [-0.05, 0) is 19.3 Å². The SMILES string of the molecule is CC(=O)N1CCC(C(=O)N2CC[C@@H](c3ncon3)C2)CC1. The van der Waals surface area contributed by atoms with E-state index in [1.807, 2.05) is 9.80 Å². The van der Waals surface area contributed by atoms with Gasteiger partial charge in [-0.1, -0.05) is 5.16 Å². The van der Waals surface area contributed by atoms with Crippen LogP contribution in [0.1, 0.15) is 37.9 Å². The van der Waals surface area contributed by atoms with Gasteiger partial charge in [-0.3, -0.25) is 9.59 Å². The predicted octanol–water partition coefficient (Wildman–Crippen LogP) is 0.644. The Labute approximate surface area is 123 Å². The minimum Gasteiger partial charge on any atom is -0.343 e. The number of nitrogens with zero attached hydrogens (tertiary/aromatic N) is 4. The minimum atomic E-state index is 0.0459. The van der Waals surface area contributed by atoms with Gasteiger partial charge in [-0.2, -0.15) is 4.98 Å². The Bertz CT molecular complexity index is 508. The van der Waals surface area contributed by atoms with Crippen molar-refractivity contribution in [3.8, 4) is 0 Å². The summed E-state index contributed by atoms with van der Waals surface area (Å²) < 4.78 is 4.77. The van der Waals surface area contributed by atoms with E-state index in [1.54, 1.807) is 6.92 Å². The Balaban J connectivity index is 1.54. The first kappa shape index (κ1) is 14.0. The van der Waals surface area contributed by atoms with Gasteiger partial charge < -0.3 is 14.3 Å². The summed E-state index contributed by atoms with van der Waals surface area (Å²) in [5.41, 5.74) is 0. The number of rotatable bonds is 2. The fraction of sp³-hybridized carbons (Fsp3) is 0.714. The molecule has 21 heavy (non-hydrogen) atoms. The Hall–Kier alpha value is -1.92. The monoisotopic (exact) mass is 292 g/mol. The average Bonchev–Trinajstić information content (AvgIpc) is 3.17. The number of aromatic nitrogens is 2. The second kappa shape index (κ2) is 5.83. The lowest BCUT2D eigenvalue weighted by Crippen LogP contribution is -2.43. The number of amides is 2. The van der Waals surface area contributed by atoms with Gasteiger partial charge in [0.2, 0.25) is 18.2 Å². The summed E-state index contributed by atoms with van der Waals surface area (Å²) in [7, 11) is 0. The fourth-order valence-electron chi connectivity index (χ4n) is 3.23. The van der Waals surface area contributed by atoms with E-state index in [4.69, 9.17) is 4.52 Å². The largest absolute Gasteiger partial charge is 0.343 e. The van der Waals surface area contributed by atoms with Crippen molar-refractivity contribution in [2.24, 2.45) is 5.92 Å². The molecule has 1 aromatic rings. The number of hydrogen-bond acceptors (Lipinski definition) is 5. The average molecular weight is 292 g/mol. The molecule has 0 aromatic carbocycles. The van der Waals surface area contributed by atoms with Crippen LogP contribution in [0.4, 0.5) is 0 Å². The van der Waals surface area contributed by atoms with E-state index in [1.165, 1.54) is 6.39 Å². The molecule has 1 aromatic heterocycles. The van der Waals surface area contributed by atoms with Gasteiger partial charge >= 0.3 is 0 Å². The van der Waals surface area contributed by atoms with Crippen LogP contribution in [0.5, 0.6) is 0 Å². The zero-order valence-corrected chi connectivity index (χ0v) is 12.2. The lowest BCUT2D eigenvalue weighted by molar-refractivity contribution is -0.139. The van der Waals surface area contributed by atoms with E-state index in [-0.39, 0.29) is 23.7 Å². The van der Waals surface area contributed by atoms with Crippen LogP contribution in [-0.4, -0.2) is 57.9 Å². The van der Waals surface area contributed by atoms with Crippen LogP contribution in [0, 0.1) is 5.92 Å². The summed E-state index contributed by atoms with van der Waals surface area (Å²) in [5, 5.41) is 3.87. The second-order valence-corrected chi connectivity index (χ2v) is 5.84. The second-order valence-electron chi connectivity index (χ2n) is 5.84. The van der Waals surface area contributed by atoms with E-state index in [9.17, 15) is 9.59 Å². The van der Waals surface area contributed by atoms with Gasteiger partial charge in [0.1, 0.15) is 0 Å². The minimum absolute atomic E-state index is 0.0459. The Morgan fingerprint density at radius 1 is 1.19 bits per heavy atom. The number of hydrogen-bond donors (Lipinski definition) is 0. The van der Waals surface area contributed by atoms with Gasteiger partial charge in [0.25, 0.3) is 0 Å². The molecule has 0 spiro atoms. The first-order chi connectivity index (χ1) is 10.1. The van der Waals surface area contributed by atoms with Crippen molar-refractivity contribution < 1.29 is 14.1 Å². The smallest absolute Gasteiger partial charge is 0.225 e. The molecule has 0 N–H and O–H groups in total. The molecule has 0 unspecified atom stereocenters. The molecule has 7 nitrogen and oxygen atoms in total. The van der Waals surface area contributed by atoms with Crippen LogP contribution in [0.15, 0.2) is 10.9 Å². The summed E-state index contributed by atoms with van der Waals surface area (Å²) >= 11 is 0. The molecule has 1 atom stereocenters. The summed E-state index contributed by atoms with van der Waals surface area (Å²) in [4.78, 5) is 31.7. The highest BCUT2D eigenvalue weighted by atomic mass is 16.5. The molecule has 3 rings (SSSR count). The third kappa shape index (κ3) is 2.91. The van der Waals surface area contributed by atoms with Crippen LogP contribution in [0.25, 0.3) is 0 Å². The van der Waals surface area contributed by atoms with Crippen molar-refractivity contribution in [1.82, 2.24) is 19.9 Å². The Morgan fingerprint density at radius 3 is 2.52 bits per heavy atom. The molecule has 7 heteroatoms. The van der Waals surface area contributed by atoms with Crippen molar-refractivity contribution in [2.45, 2.75) is 32.1 Å². The van der Waals surface area contributed by atoms with E-state index in [0.29, 0.717) is 25.5 Å². The zero-order chi connectivity index (χ0) is 14.8. The molecule has 3 heterocycles. The highest BCUT2D eigenvalue weighted by Gasteiger charge is 2.34. The molecular weight excluding hydrogens is 272 g/mol. The van der Waals surface area contributed by atoms with E-state index in [2.05, 4.69) is 10.1 Å². The van der Waals surface area contributed by atoms with Crippen molar-refractivity contribution in [2.75, 3.05) is 26.2 Å². The normalized spacial score (nSPS) is 23.6. The molecule has 2 amide bonds. The third-order valence-electron chi connectivity index (χ3n) is 4.53. The maximum atomic E-state index is 12.6. The number of carbonyl (C=O) groups excluding carboxylic acids is 2. The summed E-state index contributed by atoms with van der Waals surface area (Å²) in [6.07, 6.45) is 3.75. The van der Waals surface area contributed by atoms with Gasteiger partial charge in [0.15, 0.2) is 5.82 Å². The Kier molecular flexibility index (Phi) is 3.90. The molecule has 0 radical (unpaired) electrons. The van der Waals surface area contributed by atoms with Crippen LogP contribution in [0.2, 0.25) is 0 Å². The molecule has 2 fully saturated rings. The lowest BCUT2D eigenvalue weighted by Gasteiger charge is -2.32. The topological polar surface area (TPSA) is 79.5 Å². The molecule has 0 aliphatic carbocycles. The number of carbonyl (C=O) groups is 2. The highest BCUT2D eigenvalue weighted by Crippen LogP contribution is 2.28. The van der Waals surface area contributed by atoms with Crippen molar-refractivity contribution in [3.05, 3.63) is 12.2 Å². The molecule has 2 aliphatic rings. The fourth-order valence-corrected chi connectivity index (χ4v) is 3.23. The quantitative estimate of drug-likeness (QED) is 0.799. The van der Waals surface area contributed by atoms with Gasteiger partial charge in [0.05, 0.1) is 0 Å². The molecule has 0 saturated carbocycles. The van der Waals surface area contributed by atoms with Crippen molar-refractivity contribution in [3.63, 3.8) is 0 Å². The first-order valence-corrected chi connectivity index (χ1v) is 7.45. The molecule has 2 saturated heterocycles. The van der Waals surface area contributed by atoms with Gasteiger partial charge in [-0.15, -0.1) is 0 Å². The van der Waals surface area contributed by atoms with Gasteiger partial charge in [-0.25, -0.2) is 0 Å². The van der Waals surface area contributed by atoms with E-state index < -0.39 is 0 Å². The molecule has 0 bridgehead atoms. The van der Waals surface area contributed by atoms with Crippen LogP contribution in [0.3, 0.4) is 0 Å². The van der Waals surface area contributed by atoms with Crippen LogP contribution < -0.4 is 0 Å². The third-order valence-corrected chi connectivity index (χ3v) is 4.53. The maximum absolute atomic E-state index is 12.6. The summed E-state index contributed by atoms with van der Waals surface area (Å²) in [6.45, 7) is 4.39. The summed E-state index contributed by atoms with van der Waals surface area (Å²) in [5.74, 6) is 1.23. The number of likely N-dealkylation sites (tertiary alicyclic amines) is 2.